The molecule has 0 aliphatic heterocycles. The molecule has 1 aromatic carbocycles. The number of rotatable bonds is 8. The van der Waals surface area contributed by atoms with Crippen molar-refractivity contribution in [3.8, 4) is 5.88 Å². The first-order valence-electron chi connectivity index (χ1n) is 10.8. The molecule has 0 bridgehead atoms. The Bertz CT molecular complexity index is 1020. The van der Waals surface area contributed by atoms with E-state index in [4.69, 9.17) is 4.74 Å². The first-order valence-corrected chi connectivity index (χ1v) is 12.7. The lowest BCUT2D eigenvalue weighted by Gasteiger charge is -2.16. The molecule has 0 amide bonds. The largest absolute Gasteiger partial charge is 0.474 e. The highest BCUT2D eigenvalue weighted by Crippen LogP contribution is 2.25. The number of nitrogens with zero attached hydrogens (tertiary/aromatic N) is 2. The highest BCUT2D eigenvalue weighted by Gasteiger charge is 2.18. The minimum atomic E-state index is -3.22. The molecule has 1 aliphatic carbocycles. The van der Waals surface area contributed by atoms with Crippen molar-refractivity contribution in [2.45, 2.75) is 63.6 Å². The maximum absolute atomic E-state index is 11.8. The molecule has 1 saturated carbocycles. The average Bonchev–Trinajstić information content (AvgIpc) is 3.23. The van der Waals surface area contributed by atoms with Crippen LogP contribution in [-0.2, 0) is 22.9 Å². The Balaban J connectivity index is 1.66. The van der Waals surface area contributed by atoms with Crippen LogP contribution in [-0.4, -0.2) is 38.3 Å². The maximum atomic E-state index is 11.8. The third-order valence-corrected chi connectivity index (χ3v) is 6.54. The first-order chi connectivity index (χ1) is 14.9. The van der Waals surface area contributed by atoms with Crippen molar-refractivity contribution >= 4 is 15.8 Å². The number of benzene rings is 1. The maximum Gasteiger partial charge on any atom is 0.218 e. The van der Waals surface area contributed by atoms with Crippen LogP contribution >= 0.6 is 0 Å². The van der Waals surface area contributed by atoms with E-state index in [1.54, 1.807) is 19.2 Å². The number of aromatic nitrogens is 1. The van der Waals surface area contributed by atoms with E-state index in [0.29, 0.717) is 29.8 Å². The SMILES string of the molecule is CCNC(=NCc1ccc(S(C)(=O)=O)c(C)c1)NCc1cccnc1OC1CCCC1. The lowest BCUT2D eigenvalue weighted by molar-refractivity contribution is 0.199. The zero-order valence-electron chi connectivity index (χ0n) is 18.5. The number of hydrogen-bond acceptors (Lipinski definition) is 5. The molecule has 0 saturated heterocycles. The fourth-order valence-corrected chi connectivity index (χ4v) is 4.70. The Morgan fingerprint density at radius 2 is 2.00 bits per heavy atom. The number of pyridine rings is 1. The van der Waals surface area contributed by atoms with Crippen molar-refractivity contribution in [1.82, 2.24) is 15.6 Å². The fourth-order valence-electron chi connectivity index (χ4n) is 3.75. The monoisotopic (exact) mass is 444 g/mol. The summed E-state index contributed by atoms with van der Waals surface area (Å²) in [4.78, 5) is 9.43. The van der Waals surface area contributed by atoms with Crippen LogP contribution in [0.15, 0.2) is 46.4 Å². The van der Waals surface area contributed by atoms with E-state index in [1.807, 2.05) is 31.2 Å². The van der Waals surface area contributed by atoms with Gasteiger partial charge in [-0.25, -0.2) is 18.4 Å². The summed E-state index contributed by atoms with van der Waals surface area (Å²) in [7, 11) is -3.22. The molecule has 1 aliphatic rings. The zero-order valence-corrected chi connectivity index (χ0v) is 19.3. The van der Waals surface area contributed by atoms with Gasteiger partial charge in [-0.05, 0) is 62.8 Å². The Morgan fingerprint density at radius 1 is 1.23 bits per heavy atom. The second-order valence-electron chi connectivity index (χ2n) is 7.91. The molecule has 8 heteroatoms. The summed E-state index contributed by atoms with van der Waals surface area (Å²) in [6, 6.07) is 9.26. The molecule has 1 aromatic heterocycles. The van der Waals surface area contributed by atoms with Gasteiger partial charge in [0, 0.05) is 31.1 Å². The normalized spacial score (nSPS) is 15.1. The van der Waals surface area contributed by atoms with Crippen molar-refractivity contribution in [1.29, 1.82) is 0 Å². The summed E-state index contributed by atoms with van der Waals surface area (Å²) in [6.45, 7) is 5.55. The number of nitrogens with one attached hydrogen (secondary N) is 2. The van der Waals surface area contributed by atoms with E-state index in [2.05, 4.69) is 20.6 Å². The quantitative estimate of drug-likeness (QED) is 0.479. The predicted molar refractivity (Wildman–Crippen MR) is 123 cm³/mol. The second-order valence-corrected chi connectivity index (χ2v) is 9.90. The number of sulfone groups is 1. The standard InChI is InChI=1S/C23H32N4O3S/c1-4-24-23(26-15-18-11-12-21(17(2)14-18)31(3,28)29)27-16-19-8-7-13-25-22(19)30-20-9-5-6-10-20/h7-8,11-14,20H,4-6,9-10,15-16H2,1-3H3,(H2,24,26,27). The fraction of sp³-hybridized carbons (Fsp3) is 0.478. The van der Waals surface area contributed by atoms with Crippen LogP contribution in [0.25, 0.3) is 0 Å². The molecule has 1 fully saturated rings. The molecule has 0 unspecified atom stereocenters. The van der Waals surface area contributed by atoms with Gasteiger partial charge in [0.25, 0.3) is 0 Å². The van der Waals surface area contributed by atoms with Gasteiger partial charge in [0.05, 0.1) is 11.4 Å². The highest BCUT2D eigenvalue weighted by molar-refractivity contribution is 7.90. The third-order valence-electron chi connectivity index (χ3n) is 5.28. The van der Waals surface area contributed by atoms with Gasteiger partial charge < -0.3 is 15.4 Å². The van der Waals surface area contributed by atoms with Gasteiger partial charge in [-0.2, -0.15) is 0 Å². The molecule has 0 atom stereocenters. The van der Waals surface area contributed by atoms with E-state index in [0.717, 1.165) is 36.1 Å². The molecule has 1 heterocycles. The van der Waals surface area contributed by atoms with Crippen LogP contribution in [0.4, 0.5) is 0 Å². The Morgan fingerprint density at radius 3 is 2.68 bits per heavy atom. The van der Waals surface area contributed by atoms with Crippen LogP contribution in [0.5, 0.6) is 5.88 Å². The van der Waals surface area contributed by atoms with Crippen molar-refractivity contribution in [2.75, 3.05) is 12.8 Å². The average molecular weight is 445 g/mol. The number of hydrogen-bond donors (Lipinski definition) is 2. The molecule has 3 rings (SSSR count). The minimum Gasteiger partial charge on any atom is -0.474 e. The van der Waals surface area contributed by atoms with Crippen LogP contribution in [0, 0.1) is 6.92 Å². The molecule has 31 heavy (non-hydrogen) atoms. The van der Waals surface area contributed by atoms with Crippen LogP contribution in [0.3, 0.4) is 0 Å². The summed E-state index contributed by atoms with van der Waals surface area (Å²) < 4.78 is 29.7. The topological polar surface area (TPSA) is 92.7 Å². The van der Waals surface area contributed by atoms with Gasteiger partial charge in [0.1, 0.15) is 6.10 Å². The molecular formula is C23H32N4O3S. The minimum absolute atomic E-state index is 0.258. The molecule has 168 valence electrons. The molecule has 7 nitrogen and oxygen atoms in total. The molecule has 2 aromatic rings. The summed E-state index contributed by atoms with van der Waals surface area (Å²) in [5.41, 5.74) is 2.68. The van der Waals surface area contributed by atoms with Gasteiger partial charge in [0.15, 0.2) is 15.8 Å². The summed E-state index contributed by atoms with van der Waals surface area (Å²) in [6.07, 6.45) is 7.85. The van der Waals surface area contributed by atoms with E-state index in [9.17, 15) is 8.42 Å². The second kappa shape index (κ2) is 10.6. The van der Waals surface area contributed by atoms with Gasteiger partial charge in [-0.15, -0.1) is 0 Å². The van der Waals surface area contributed by atoms with E-state index < -0.39 is 9.84 Å². The van der Waals surface area contributed by atoms with Crippen molar-refractivity contribution in [2.24, 2.45) is 4.99 Å². The predicted octanol–water partition coefficient (Wildman–Crippen LogP) is 3.37. The molecule has 2 N–H and O–H groups in total. The Hall–Kier alpha value is -2.61. The van der Waals surface area contributed by atoms with Crippen LogP contribution in [0.2, 0.25) is 0 Å². The van der Waals surface area contributed by atoms with Gasteiger partial charge in [-0.1, -0.05) is 18.2 Å². The lowest BCUT2D eigenvalue weighted by atomic mass is 10.1. The van der Waals surface area contributed by atoms with Crippen LogP contribution < -0.4 is 15.4 Å². The summed E-state index contributed by atoms with van der Waals surface area (Å²) >= 11 is 0. The van der Waals surface area contributed by atoms with E-state index in [-0.39, 0.29) is 6.10 Å². The summed E-state index contributed by atoms with van der Waals surface area (Å²) in [5, 5.41) is 6.59. The molecule has 0 spiro atoms. The Labute approximate surface area is 185 Å². The third kappa shape index (κ3) is 6.69. The first kappa shape index (κ1) is 23.1. The van der Waals surface area contributed by atoms with Crippen molar-refractivity contribution in [3.63, 3.8) is 0 Å². The van der Waals surface area contributed by atoms with Crippen molar-refractivity contribution < 1.29 is 13.2 Å². The van der Waals surface area contributed by atoms with Crippen LogP contribution in [0.1, 0.15) is 49.3 Å². The number of guanidine groups is 1. The zero-order chi connectivity index (χ0) is 22.3. The van der Waals surface area contributed by atoms with Gasteiger partial charge in [0.2, 0.25) is 5.88 Å². The number of ether oxygens (including phenoxy) is 1. The number of aliphatic imine (C=N–C) groups is 1. The summed E-state index contributed by atoms with van der Waals surface area (Å²) in [5.74, 6) is 1.37. The van der Waals surface area contributed by atoms with Crippen molar-refractivity contribution in [3.05, 3.63) is 53.2 Å². The Kier molecular flexibility index (Phi) is 7.90. The van der Waals surface area contributed by atoms with E-state index in [1.165, 1.54) is 19.1 Å². The lowest BCUT2D eigenvalue weighted by Crippen LogP contribution is -2.37. The smallest absolute Gasteiger partial charge is 0.218 e. The molecular weight excluding hydrogens is 412 g/mol. The van der Waals surface area contributed by atoms with E-state index >= 15 is 0 Å². The van der Waals surface area contributed by atoms with Gasteiger partial charge >= 0.3 is 0 Å². The highest BCUT2D eigenvalue weighted by atomic mass is 32.2. The number of aryl methyl sites for hydroxylation is 1. The molecule has 0 radical (unpaired) electrons. The van der Waals surface area contributed by atoms with Gasteiger partial charge in [-0.3, -0.25) is 0 Å².